The molecule has 5 heteroatoms. The molecule has 2 rings (SSSR count). The molecule has 1 fully saturated rings. The Morgan fingerprint density at radius 1 is 1.42 bits per heavy atom. The van der Waals surface area contributed by atoms with Crippen molar-refractivity contribution in [1.29, 1.82) is 0 Å². The maximum absolute atomic E-state index is 11.9. The van der Waals surface area contributed by atoms with Crippen molar-refractivity contribution in [2.45, 2.75) is 25.3 Å². The highest BCUT2D eigenvalue weighted by Crippen LogP contribution is 2.14. The molecule has 0 unspecified atom stereocenters. The standard InChI is InChI=1S/C14H20N2O2.ClH/c1-18-13-5-2-11(3-6-13)4-7-14(17)16-9-8-12(15)10-16;/h2-3,5-6,12H,4,7-10,15H2,1H3;1H/t12-;/m0./s1. The van der Waals surface area contributed by atoms with Crippen LogP contribution in [0, 0.1) is 0 Å². The molecule has 1 heterocycles. The third kappa shape index (κ3) is 4.40. The molecule has 1 aromatic carbocycles. The zero-order valence-corrected chi connectivity index (χ0v) is 12.0. The third-order valence-corrected chi connectivity index (χ3v) is 3.36. The highest BCUT2D eigenvalue weighted by molar-refractivity contribution is 5.85. The van der Waals surface area contributed by atoms with Gasteiger partial charge in [0.05, 0.1) is 7.11 Å². The quantitative estimate of drug-likeness (QED) is 0.914. The number of ether oxygens (including phenoxy) is 1. The van der Waals surface area contributed by atoms with E-state index in [9.17, 15) is 4.79 Å². The molecule has 0 bridgehead atoms. The lowest BCUT2D eigenvalue weighted by Gasteiger charge is -2.15. The molecule has 4 nitrogen and oxygen atoms in total. The van der Waals surface area contributed by atoms with Crippen LogP contribution >= 0.6 is 12.4 Å². The lowest BCUT2D eigenvalue weighted by Crippen LogP contribution is -2.31. The minimum Gasteiger partial charge on any atom is -0.497 e. The van der Waals surface area contributed by atoms with Crippen molar-refractivity contribution in [2.75, 3.05) is 20.2 Å². The number of amides is 1. The molecule has 19 heavy (non-hydrogen) atoms. The summed E-state index contributed by atoms with van der Waals surface area (Å²) < 4.78 is 5.10. The van der Waals surface area contributed by atoms with Crippen LogP contribution < -0.4 is 10.5 Å². The molecule has 2 N–H and O–H groups in total. The summed E-state index contributed by atoms with van der Waals surface area (Å²) in [6, 6.07) is 8.01. The van der Waals surface area contributed by atoms with E-state index in [0.29, 0.717) is 13.0 Å². The van der Waals surface area contributed by atoms with E-state index in [0.717, 1.165) is 30.7 Å². The lowest BCUT2D eigenvalue weighted by molar-refractivity contribution is -0.130. The van der Waals surface area contributed by atoms with Gasteiger partial charge in [0.2, 0.25) is 5.91 Å². The molecule has 1 aliphatic heterocycles. The first-order valence-corrected chi connectivity index (χ1v) is 6.35. The predicted octanol–water partition coefficient (Wildman–Crippen LogP) is 1.61. The number of carbonyl (C=O) groups is 1. The zero-order chi connectivity index (χ0) is 13.0. The number of aryl methyl sites for hydroxylation is 1. The highest BCUT2D eigenvalue weighted by atomic mass is 35.5. The fourth-order valence-electron chi connectivity index (χ4n) is 2.22. The number of nitrogens with zero attached hydrogens (tertiary/aromatic N) is 1. The fraction of sp³-hybridized carbons (Fsp3) is 0.500. The maximum atomic E-state index is 11.9. The van der Waals surface area contributed by atoms with Crippen molar-refractivity contribution in [3.63, 3.8) is 0 Å². The number of nitrogens with two attached hydrogens (primary N) is 1. The van der Waals surface area contributed by atoms with Crippen LogP contribution in [-0.2, 0) is 11.2 Å². The van der Waals surface area contributed by atoms with E-state index in [2.05, 4.69) is 0 Å². The molecular formula is C14H21ClN2O2. The normalized spacial score (nSPS) is 18.0. The summed E-state index contributed by atoms with van der Waals surface area (Å²) in [5, 5.41) is 0. The van der Waals surface area contributed by atoms with Gasteiger partial charge in [-0.3, -0.25) is 4.79 Å². The van der Waals surface area contributed by atoms with Gasteiger partial charge < -0.3 is 15.4 Å². The predicted molar refractivity (Wildman–Crippen MR) is 77.7 cm³/mol. The Balaban J connectivity index is 0.00000180. The van der Waals surface area contributed by atoms with Crippen LogP contribution in [-0.4, -0.2) is 37.0 Å². The maximum Gasteiger partial charge on any atom is 0.222 e. The van der Waals surface area contributed by atoms with Crippen molar-refractivity contribution in [3.05, 3.63) is 29.8 Å². The Labute approximate surface area is 120 Å². The molecule has 0 radical (unpaired) electrons. The van der Waals surface area contributed by atoms with Gasteiger partial charge >= 0.3 is 0 Å². The molecular weight excluding hydrogens is 264 g/mol. The Bertz CT molecular complexity index is 408. The van der Waals surface area contributed by atoms with E-state index < -0.39 is 0 Å². The van der Waals surface area contributed by atoms with Gasteiger partial charge in [0.25, 0.3) is 0 Å². The Kier molecular flexibility index (Phi) is 6.12. The van der Waals surface area contributed by atoms with Crippen molar-refractivity contribution in [2.24, 2.45) is 5.73 Å². The number of benzene rings is 1. The van der Waals surface area contributed by atoms with Crippen molar-refractivity contribution >= 4 is 18.3 Å². The fourth-order valence-corrected chi connectivity index (χ4v) is 2.22. The number of hydrogen-bond donors (Lipinski definition) is 1. The Morgan fingerprint density at radius 3 is 2.63 bits per heavy atom. The average molecular weight is 285 g/mol. The zero-order valence-electron chi connectivity index (χ0n) is 11.2. The molecule has 1 atom stereocenters. The summed E-state index contributed by atoms with van der Waals surface area (Å²) in [5.41, 5.74) is 6.95. The number of likely N-dealkylation sites (tertiary alicyclic amines) is 1. The van der Waals surface area contributed by atoms with E-state index in [4.69, 9.17) is 10.5 Å². The van der Waals surface area contributed by atoms with Crippen LogP contribution in [0.4, 0.5) is 0 Å². The van der Waals surface area contributed by atoms with Gasteiger partial charge in [-0.25, -0.2) is 0 Å². The lowest BCUT2D eigenvalue weighted by atomic mass is 10.1. The first-order chi connectivity index (χ1) is 8.69. The highest BCUT2D eigenvalue weighted by Gasteiger charge is 2.22. The van der Waals surface area contributed by atoms with E-state index in [-0.39, 0.29) is 24.4 Å². The first-order valence-electron chi connectivity index (χ1n) is 6.35. The van der Waals surface area contributed by atoms with E-state index >= 15 is 0 Å². The van der Waals surface area contributed by atoms with Crippen LogP contribution in [0.25, 0.3) is 0 Å². The molecule has 0 saturated carbocycles. The SMILES string of the molecule is COc1ccc(CCC(=O)N2CC[C@H](N)C2)cc1.Cl. The largest absolute Gasteiger partial charge is 0.497 e. The van der Waals surface area contributed by atoms with Gasteiger partial charge in [-0.1, -0.05) is 12.1 Å². The van der Waals surface area contributed by atoms with Gasteiger partial charge in [0.15, 0.2) is 0 Å². The third-order valence-electron chi connectivity index (χ3n) is 3.36. The van der Waals surface area contributed by atoms with Crippen LogP contribution in [0.2, 0.25) is 0 Å². The van der Waals surface area contributed by atoms with Gasteiger partial charge in [-0.05, 0) is 30.5 Å². The van der Waals surface area contributed by atoms with Crippen molar-refractivity contribution in [1.82, 2.24) is 4.90 Å². The number of hydrogen-bond acceptors (Lipinski definition) is 3. The van der Waals surface area contributed by atoms with Crippen LogP contribution in [0.15, 0.2) is 24.3 Å². The molecule has 0 spiro atoms. The van der Waals surface area contributed by atoms with Crippen molar-refractivity contribution in [3.8, 4) is 5.75 Å². The minimum atomic E-state index is 0. The summed E-state index contributed by atoms with van der Waals surface area (Å²) >= 11 is 0. The van der Waals surface area contributed by atoms with Gasteiger partial charge in [0, 0.05) is 25.6 Å². The number of rotatable bonds is 4. The summed E-state index contributed by atoms with van der Waals surface area (Å²) in [5.74, 6) is 1.05. The number of carbonyl (C=O) groups excluding carboxylic acids is 1. The smallest absolute Gasteiger partial charge is 0.222 e. The van der Waals surface area contributed by atoms with Gasteiger partial charge in [-0.2, -0.15) is 0 Å². The second-order valence-corrected chi connectivity index (χ2v) is 4.74. The molecule has 1 aromatic rings. The van der Waals surface area contributed by atoms with Gasteiger partial charge in [-0.15, -0.1) is 12.4 Å². The summed E-state index contributed by atoms with van der Waals surface area (Å²) in [6.45, 7) is 1.52. The van der Waals surface area contributed by atoms with E-state index in [1.807, 2.05) is 29.2 Å². The Morgan fingerprint density at radius 2 is 2.11 bits per heavy atom. The van der Waals surface area contributed by atoms with E-state index in [1.54, 1.807) is 7.11 Å². The molecule has 1 amide bonds. The van der Waals surface area contributed by atoms with Crippen molar-refractivity contribution < 1.29 is 9.53 Å². The molecule has 106 valence electrons. The summed E-state index contributed by atoms with van der Waals surface area (Å²) in [7, 11) is 1.65. The molecule has 0 aromatic heterocycles. The Hall–Kier alpha value is -1.26. The van der Waals surface area contributed by atoms with Crippen LogP contribution in [0.5, 0.6) is 5.75 Å². The molecule has 1 saturated heterocycles. The van der Waals surface area contributed by atoms with Crippen LogP contribution in [0.1, 0.15) is 18.4 Å². The molecule has 1 aliphatic rings. The monoisotopic (exact) mass is 284 g/mol. The topological polar surface area (TPSA) is 55.6 Å². The second kappa shape index (κ2) is 7.36. The first kappa shape index (κ1) is 15.8. The van der Waals surface area contributed by atoms with Gasteiger partial charge in [0.1, 0.15) is 5.75 Å². The number of methoxy groups -OCH3 is 1. The minimum absolute atomic E-state index is 0. The van der Waals surface area contributed by atoms with Crippen LogP contribution in [0.3, 0.4) is 0 Å². The molecule has 0 aliphatic carbocycles. The summed E-state index contributed by atoms with van der Waals surface area (Å²) in [6.07, 6.45) is 2.25. The van der Waals surface area contributed by atoms with E-state index in [1.165, 1.54) is 0 Å². The second-order valence-electron chi connectivity index (χ2n) is 4.74. The summed E-state index contributed by atoms with van der Waals surface area (Å²) in [4.78, 5) is 13.8. The average Bonchev–Trinajstić information content (AvgIpc) is 2.83. The number of halogens is 1.